The number of ether oxygens (including phenoxy) is 5. The molecule has 0 saturated heterocycles. The minimum atomic E-state index is -6.06. The molecular weight excluding hydrogens is 910 g/mol. The van der Waals surface area contributed by atoms with Gasteiger partial charge in [-0.3, -0.25) is 33.9 Å². The molecule has 0 fully saturated rings. The number of aryl methyl sites for hydroxylation is 1. The Morgan fingerprint density at radius 2 is 1.17 bits per heavy atom. The van der Waals surface area contributed by atoms with Crippen LogP contribution in [-0.2, 0) is 33.4 Å². The van der Waals surface area contributed by atoms with E-state index in [1.807, 2.05) is 6.92 Å². The Hall–Kier alpha value is -4.91. The van der Waals surface area contributed by atoms with Crippen LogP contribution in [0.2, 0.25) is 51.4 Å². The minimum Gasteiger partial charge on any atom is -0.493 e. The summed E-state index contributed by atoms with van der Waals surface area (Å²) in [7, 11) is -7.60. The summed E-state index contributed by atoms with van der Waals surface area (Å²) in [6.45, 7) is 17.3. The lowest BCUT2D eigenvalue weighted by atomic mass is 10.1. The van der Waals surface area contributed by atoms with Gasteiger partial charge in [-0.05, 0) is 50.1 Å². The van der Waals surface area contributed by atoms with Gasteiger partial charge < -0.3 is 32.8 Å². The first-order valence-corrected chi connectivity index (χ1v) is 30.1. The molecule has 0 aromatic heterocycles. The molecule has 0 N–H and O–H groups in total. The molecule has 356 valence electrons. The van der Waals surface area contributed by atoms with Crippen LogP contribution < -0.4 is 24.0 Å². The van der Waals surface area contributed by atoms with Crippen LogP contribution in [0.3, 0.4) is 0 Å². The van der Waals surface area contributed by atoms with Gasteiger partial charge >= 0.3 is 15.6 Å². The fourth-order valence-corrected chi connectivity index (χ4v) is 9.50. The van der Waals surface area contributed by atoms with Gasteiger partial charge in [0.15, 0.2) is 11.5 Å². The third-order valence-corrected chi connectivity index (χ3v) is 15.6. The molecule has 0 saturated carbocycles. The van der Waals surface area contributed by atoms with E-state index in [1.165, 1.54) is 33.9 Å². The van der Waals surface area contributed by atoms with E-state index in [2.05, 4.69) is 43.5 Å². The molecule has 0 radical (unpaired) electrons. The summed E-state index contributed by atoms with van der Waals surface area (Å²) in [5.74, 6) is -1.94. The number of halogens is 3. The van der Waals surface area contributed by atoms with Gasteiger partial charge in [-0.2, -0.15) is 21.6 Å². The molecule has 2 aromatic carbocycles. The van der Waals surface area contributed by atoms with Gasteiger partial charge in [0.05, 0.1) is 42.8 Å². The number of carbonyl (C=O) groups excluding carboxylic acids is 4. The molecule has 16 nitrogen and oxygen atoms in total. The van der Waals surface area contributed by atoms with Crippen LogP contribution in [0.25, 0.3) is 0 Å². The second kappa shape index (κ2) is 19.1. The molecular formula is C43H57F3N4O12SSi2. The molecule has 4 aliphatic rings. The van der Waals surface area contributed by atoms with E-state index in [-0.39, 0.29) is 66.8 Å². The maximum Gasteiger partial charge on any atom is 0.534 e. The van der Waals surface area contributed by atoms with Crippen LogP contribution in [0.4, 0.5) is 24.5 Å². The van der Waals surface area contributed by atoms with Gasteiger partial charge in [0, 0.05) is 66.7 Å². The van der Waals surface area contributed by atoms with E-state index in [4.69, 9.17) is 23.7 Å². The number of amides is 4. The van der Waals surface area contributed by atoms with Crippen molar-refractivity contribution < 1.29 is 68.6 Å². The third kappa shape index (κ3) is 11.2. The lowest BCUT2D eigenvalue weighted by Crippen LogP contribution is -2.45. The molecule has 65 heavy (non-hydrogen) atoms. The first-order chi connectivity index (χ1) is 30.3. The summed E-state index contributed by atoms with van der Waals surface area (Å²) >= 11 is 0. The number of carbonyl (C=O) groups is 4. The molecule has 4 amide bonds. The van der Waals surface area contributed by atoms with Crippen LogP contribution in [0.5, 0.6) is 17.2 Å². The monoisotopic (exact) mass is 966 g/mol. The van der Waals surface area contributed by atoms with E-state index in [0.29, 0.717) is 43.1 Å². The lowest BCUT2D eigenvalue weighted by molar-refractivity contribution is -0.123. The van der Waals surface area contributed by atoms with Gasteiger partial charge in [0.25, 0.3) is 23.6 Å². The van der Waals surface area contributed by atoms with Crippen molar-refractivity contribution in [1.82, 2.24) is 9.80 Å². The Bertz CT molecular complexity index is 2380. The number of alkyl halides is 3. The van der Waals surface area contributed by atoms with Crippen molar-refractivity contribution in [3.8, 4) is 17.2 Å². The van der Waals surface area contributed by atoms with Crippen molar-refractivity contribution >= 4 is 61.3 Å². The summed E-state index contributed by atoms with van der Waals surface area (Å²) in [6.07, 6.45) is 2.62. The zero-order valence-corrected chi connectivity index (χ0v) is 40.9. The second-order valence-corrected chi connectivity index (χ2v) is 31.6. The minimum absolute atomic E-state index is 0.00774. The smallest absolute Gasteiger partial charge is 0.493 e. The molecule has 22 heteroatoms. The van der Waals surface area contributed by atoms with Gasteiger partial charge in [-0.15, -0.1) is 0 Å². The zero-order chi connectivity index (χ0) is 47.8. The number of benzene rings is 2. The largest absolute Gasteiger partial charge is 0.534 e. The predicted octanol–water partition coefficient (Wildman–Crippen LogP) is 7.21. The van der Waals surface area contributed by atoms with Crippen LogP contribution in [0.15, 0.2) is 48.0 Å². The Balaban J connectivity index is 1.20. The number of rotatable bonds is 19. The summed E-state index contributed by atoms with van der Waals surface area (Å²) in [5.41, 5.74) is -3.58. The van der Waals surface area contributed by atoms with Crippen molar-refractivity contribution in [2.75, 3.05) is 56.8 Å². The van der Waals surface area contributed by atoms with Crippen LogP contribution in [0, 0.1) is 6.92 Å². The summed E-state index contributed by atoms with van der Waals surface area (Å²) < 4.78 is 97.5. The molecule has 2 aromatic rings. The summed E-state index contributed by atoms with van der Waals surface area (Å²) in [4.78, 5) is 61.1. The Kier molecular flexibility index (Phi) is 14.6. The van der Waals surface area contributed by atoms with Crippen molar-refractivity contribution in [3.63, 3.8) is 0 Å². The van der Waals surface area contributed by atoms with E-state index < -0.39 is 67.9 Å². The quantitative estimate of drug-likeness (QED) is 0.0601. The average Bonchev–Trinajstić information content (AvgIpc) is 3.78. The first-order valence-electron chi connectivity index (χ1n) is 21.2. The fraction of sp³-hybridized carbons (Fsp3) is 0.535. The van der Waals surface area contributed by atoms with Crippen LogP contribution in [0.1, 0.15) is 52.5 Å². The fourth-order valence-electron chi connectivity index (χ4n) is 7.50. The topological polar surface area (TPSA) is 171 Å². The molecule has 0 unspecified atom stereocenters. The van der Waals surface area contributed by atoms with E-state index >= 15 is 0 Å². The Labute approximate surface area is 379 Å². The summed E-state index contributed by atoms with van der Waals surface area (Å²) in [6, 6.07) is 5.71. The Morgan fingerprint density at radius 3 is 1.69 bits per heavy atom. The van der Waals surface area contributed by atoms with Gasteiger partial charge in [0.2, 0.25) is 0 Å². The maximum atomic E-state index is 14.1. The number of methoxy groups -OCH3 is 1. The van der Waals surface area contributed by atoms with Crippen molar-refractivity contribution in [2.24, 2.45) is 0 Å². The van der Waals surface area contributed by atoms with Gasteiger partial charge in [-0.25, -0.2) is 0 Å². The molecule has 0 bridgehead atoms. The normalized spacial score (nSPS) is 19.0. The predicted molar refractivity (Wildman–Crippen MR) is 240 cm³/mol. The first kappa shape index (κ1) is 49.5. The number of fused-ring (bicyclic) bond motifs is 4. The maximum absolute atomic E-state index is 14.1. The van der Waals surface area contributed by atoms with E-state index in [9.17, 15) is 40.8 Å². The molecule has 4 heterocycles. The van der Waals surface area contributed by atoms with Crippen molar-refractivity contribution in [2.45, 2.75) is 102 Å². The molecule has 0 spiro atoms. The number of hydrogen-bond acceptors (Lipinski definition) is 12. The van der Waals surface area contributed by atoms with Crippen molar-refractivity contribution in [3.05, 3.63) is 64.7 Å². The zero-order valence-electron chi connectivity index (χ0n) is 38.1. The number of hydrogen-bond donors (Lipinski definition) is 0. The van der Waals surface area contributed by atoms with Gasteiger partial charge in [-0.1, -0.05) is 44.9 Å². The highest BCUT2D eigenvalue weighted by Crippen LogP contribution is 2.42. The average molecular weight is 967 g/mol. The lowest BCUT2D eigenvalue weighted by Gasteiger charge is -2.27. The van der Waals surface area contributed by atoms with Gasteiger partial charge in [0.1, 0.15) is 37.1 Å². The van der Waals surface area contributed by atoms with Crippen LogP contribution >= 0.6 is 0 Å². The standard InChI is InChI=1S/C43H57F3N4O12SSi2/c1-27-17-34-41(53)50(26-59-14-16-65(7,8)9)33-22-38(37(57-3)20-31(33)40(52)47(34)23-27)61-12-10-11-60-36-21-32-30(18-28(36)2)39(51)48-24-29(62-63(55,56)43(44,45)46)19-35(48)42(54)49(32)25-58-13-15-64(4,5)6/h18,20-24,34-35H,10-17,19,25-26H2,1-9H3/t34-,35-/m0/s1. The highest BCUT2D eigenvalue weighted by Gasteiger charge is 2.51. The highest BCUT2D eigenvalue weighted by atomic mass is 32.2. The highest BCUT2D eigenvalue weighted by molar-refractivity contribution is 7.87. The SMILES string of the molecule is COc1cc2c(cc1OCCCOc1cc3c(cc1C)C(=O)N1C=C(OS(=O)(=O)C(F)(F)F)C[C@H]1C(=O)N3COCC[Si](C)(C)C)N(COCC[Si](C)(C)C)C(=O)[C@@H]1CC(C)=CN1C2=O. The number of anilines is 2. The van der Waals surface area contributed by atoms with Crippen molar-refractivity contribution in [1.29, 1.82) is 0 Å². The van der Waals surface area contributed by atoms with Crippen LogP contribution in [-0.4, -0.2) is 123 Å². The molecule has 0 aliphatic carbocycles. The second-order valence-electron chi connectivity index (χ2n) is 18.9. The van der Waals surface area contributed by atoms with E-state index in [1.54, 1.807) is 25.3 Å². The molecule has 4 aliphatic heterocycles. The van der Waals surface area contributed by atoms with E-state index in [0.717, 1.165) is 28.8 Å². The molecule has 6 rings (SSSR count). The number of nitrogens with zero attached hydrogens (tertiary/aromatic N) is 4. The molecule has 2 atom stereocenters. The third-order valence-electron chi connectivity index (χ3n) is 11.2. The Morgan fingerprint density at radius 1 is 0.677 bits per heavy atom. The summed E-state index contributed by atoms with van der Waals surface area (Å²) in [5, 5.41) is 0.